The Balaban J connectivity index is 2.07. The summed E-state index contributed by atoms with van der Waals surface area (Å²) >= 11 is 1.50. The van der Waals surface area contributed by atoms with Gasteiger partial charge < -0.3 is 5.32 Å². The first-order valence-electron chi connectivity index (χ1n) is 4.24. The van der Waals surface area contributed by atoms with E-state index in [-0.39, 0.29) is 0 Å². The van der Waals surface area contributed by atoms with Gasteiger partial charge in [-0.15, -0.1) is 11.3 Å². The molecule has 3 rings (SSSR count). The van der Waals surface area contributed by atoms with Crippen LogP contribution in [0.2, 0.25) is 0 Å². The summed E-state index contributed by atoms with van der Waals surface area (Å²) < 4.78 is 0.937. The second-order valence-electron chi connectivity index (χ2n) is 2.82. The molecule has 3 heterocycles. The fraction of sp³-hybridized carbons (Fsp3) is 0. The van der Waals surface area contributed by atoms with Gasteiger partial charge in [-0.1, -0.05) is 0 Å². The van der Waals surface area contributed by atoms with Crippen LogP contribution in [0.15, 0.2) is 24.1 Å². The molecule has 0 aliphatic heterocycles. The predicted octanol–water partition coefficient (Wildman–Crippen LogP) is 1.55. The van der Waals surface area contributed by atoms with Gasteiger partial charge in [0.05, 0.1) is 11.7 Å². The van der Waals surface area contributed by atoms with Gasteiger partial charge in [-0.05, 0) is 0 Å². The average Bonchev–Trinajstić information content (AvgIpc) is 2.87. The van der Waals surface area contributed by atoms with Crippen molar-refractivity contribution in [3.05, 3.63) is 24.1 Å². The van der Waals surface area contributed by atoms with Gasteiger partial charge in [0, 0.05) is 6.07 Å². The van der Waals surface area contributed by atoms with Crippen molar-refractivity contribution < 1.29 is 0 Å². The Morgan fingerprint density at radius 2 is 2.27 bits per heavy atom. The van der Waals surface area contributed by atoms with E-state index >= 15 is 0 Å². The van der Waals surface area contributed by atoms with Crippen molar-refractivity contribution in [1.82, 2.24) is 25.1 Å². The summed E-state index contributed by atoms with van der Waals surface area (Å²) in [6.07, 6.45) is 3.16. The quantitative estimate of drug-likeness (QED) is 0.682. The number of H-pyrrole nitrogens is 1. The van der Waals surface area contributed by atoms with Crippen molar-refractivity contribution in [2.45, 2.75) is 0 Å². The van der Waals surface area contributed by atoms with E-state index < -0.39 is 0 Å². The van der Waals surface area contributed by atoms with Crippen LogP contribution in [0.25, 0.3) is 10.3 Å². The monoisotopic (exact) mass is 218 g/mol. The fourth-order valence-electron chi connectivity index (χ4n) is 1.24. The van der Waals surface area contributed by atoms with Crippen LogP contribution in [-0.2, 0) is 0 Å². The zero-order valence-electron chi connectivity index (χ0n) is 7.51. The minimum atomic E-state index is 0.706. The van der Waals surface area contributed by atoms with E-state index in [1.54, 1.807) is 11.7 Å². The molecule has 0 unspecified atom stereocenters. The summed E-state index contributed by atoms with van der Waals surface area (Å²) in [7, 11) is 0. The Kier molecular flexibility index (Phi) is 1.82. The van der Waals surface area contributed by atoms with Crippen LogP contribution in [0.5, 0.6) is 0 Å². The number of anilines is 2. The van der Waals surface area contributed by atoms with E-state index in [4.69, 9.17) is 0 Å². The summed E-state index contributed by atoms with van der Waals surface area (Å²) in [6, 6.07) is 1.83. The summed E-state index contributed by atoms with van der Waals surface area (Å²) in [5.41, 5.74) is 2.45. The Morgan fingerprint density at radius 3 is 3.13 bits per heavy atom. The van der Waals surface area contributed by atoms with Gasteiger partial charge in [-0.2, -0.15) is 5.10 Å². The van der Waals surface area contributed by atoms with Crippen molar-refractivity contribution in [2.75, 3.05) is 5.32 Å². The molecule has 0 saturated heterocycles. The number of hydrogen-bond acceptors (Lipinski definition) is 6. The van der Waals surface area contributed by atoms with E-state index in [1.807, 2.05) is 6.07 Å². The van der Waals surface area contributed by atoms with Gasteiger partial charge in [0.25, 0.3) is 0 Å². The molecule has 2 N–H and O–H groups in total. The molecule has 3 aromatic heterocycles. The highest BCUT2D eigenvalue weighted by molar-refractivity contribution is 7.17. The summed E-state index contributed by atoms with van der Waals surface area (Å²) in [4.78, 5) is 12.3. The molecule has 15 heavy (non-hydrogen) atoms. The maximum Gasteiger partial charge on any atom is 0.175 e. The molecule has 3 aromatic rings. The number of nitrogens with zero attached hydrogens (tertiary/aromatic N) is 4. The largest absolute Gasteiger partial charge is 0.324 e. The van der Waals surface area contributed by atoms with E-state index in [0.29, 0.717) is 5.65 Å². The van der Waals surface area contributed by atoms with Crippen molar-refractivity contribution in [1.29, 1.82) is 0 Å². The third-order valence-electron chi connectivity index (χ3n) is 1.88. The second kappa shape index (κ2) is 3.28. The Labute approximate surface area is 88.4 Å². The number of aromatic nitrogens is 5. The molecule has 0 radical (unpaired) electrons. The zero-order chi connectivity index (χ0) is 10.1. The van der Waals surface area contributed by atoms with Crippen LogP contribution < -0.4 is 5.32 Å². The van der Waals surface area contributed by atoms with Crippen LogP contribution >= 0.6 is 11.3 Å². The number of thiazole rings is 1. The van der Waals surface area contributed by atoms with Crippen molar-refractivity contribution in [2.24, 2.45) is 0 Å². The van der Waals surface area contributed by atoms with E-state index in [1.165, 1.54) is 17.7 Å². The Bertz CT molecular complexity index is 572. The first-order chi connectivity index (χ1) is 7.43. The molecule has 6 nitrogen and oxygen atoms in total. The van der Waals surface area contributed by atoms with Crippen molar-refractivity contribution >= 4 is 33.3 Å². The lowest BCUT2D eigenvalue weighted by atomic mass is 10.5. The molecule has 74 valence electrons. The normalized spacial score (nSPS) is 10.7. The SMILES string of the molecule is c1cc(Nc2ncnc3ncsc23)[nH]n1. The van der Waals surface area contributed by atoms with Gasteiger partial charge in [-0.25, -0.2) is 15.0 Å². The first kappa shape index (κ1) is 8.30. The zero-order valence-corrected chi connectivity index (χ0v) is 8.32. The molecule has 0 bridgehead atoms. The average molecular weight is 218 g/mol. The van der Waals surface area contributed by atoms with Crippen LogP contribution in [0.1, 0.15) is 0 Å². The number of nitrogens with one attached hydrogen (secondary N) is 2. The second-order valence-corrected chi connectivity index (χ2v) is 3.68. The molecule has 7 heteroatoms. The third kappa shape index (κ3) is 1.42. The maximum absolute atomic E-state index is 4.15. The predicted molar refractivity (Wildman–Crippen MR) is 57.1 cm³/mol. The van der Waals surface area contributed by atoms with Crippen LogP contribution in [0.3, 0.4) is 0 Å². The highest BCUT2D eigenvalue weighted by Gasteiger charge is 2.06. The lowest BCUT2D eigenvalue weighted by Gasteiger charge is -2.01. The van der Waals surface area contributed by atoms with Crippen molar-refractivity contribution in [3.8, 4) is 0 Å². The molecule has 0 saturated carbocycles. The van der Waals surface area contributed by atoms with E-state index in [9.17, 15) is 0 Å². The van der Waals surface area contributed by atoms with Gasteiger partial charge in [-0.3, -0.25) is 5.10 Å². The maximum atomic E-state index is 4.15. The van der Waals surface area contributed by atoms with Crippen molar-refractivity contribution in [3.63, 3.8) is 0 Å². The molecular formula is C8H6N6S. The topological polar surface area (TPSA) is 79.4 Å². The standard InChI is InChI=1S/C8H6N6S/c1-2-12-14-5(1)13-8-6-7(9-3-10-8)11-4-15-6/h1-4H,(H2,9,10,12,13,14). The lowest BCUT2D eigenvalue weighted by Crippen LogP contribution is -1.94. The van der Waals surface area contributed by atoms with Crippen LogP contribution in [0, 0.1) is 0 Å². The van der Waals surface area contributed by atoms with Gasteiger partial charge in [0.2, 0.25) is 0 Å². The molecule has 0 fully saturated rings. The number of rotatable bonds is 2. The number of hydrogen-bond donors (Lipinski definition) is 2. The molecular weight excluding hydrogens is 212 g/mol. The highest BCUT2D eigenvalue weighted by atomic mass is 32.1. The van der Waals surface area contributed by atoms with Gasteiger partial charge >= 0.3 is 0 Å². The Morgan fingerprint density at radius 1 is 1.27 bits per heavy atom. The number of aromatic amines is 1. The molecule has 0 spiro atoms. The number of fused-ring (bicyclic) bond motifs is 1. The third-order valence-corrected chi connectivity index (χ3v) is 2.71. The molecule has 0 amide bonds. The minimum Gasteiger partial charge on any atom is -0.324 e. The lowest BCUT2D eigenvalue weighted by molar-refractivity contribution is 1.09. The smallest absolute Gasteiger partial charge is 0.175 e. The van der Waals surface area contributed by atoms with Crippen LogP contribution in [-0.4, -0.2) is 25.1 Å². The summed E-state index contributed by atoms with van der Waals surface area (Å²) in [5, 5.41) is 9.76. The summed E-state index contributed by atoms with van der Waals surface area (Å²) in [6.45, 7) is 0. The van der Waals surface area contributed by atoms with E-state index in [0.717, 1.165) is 16.3 Å². The van der Waals surface area contributed by atoms with E-state index in [2.05, 4.69) is 30.5 Å². The van der Waals surface area contributed by atoms with Gasteiger partial charge in [0.15, 0.2) is 11.5 Å². The first-order valence-corrected chi connectivity index (χ1v) is 5.12. The minimum absolute atomic E-state index is 0.706. The Hall–Kier alpha value is -2.02. The van der Waals surface area contributed by atoms with Crippen LogP contribution in [0.4, 0.5) is 11.6 Å². The fourth-order valence-corrected chi connectivity index (χ4v) is 1.92. The summed E-state index contributed by atoms with van der Waals surface area (Å²) in [5.74, 6) is 1.54. The molecule has 0 aliphatic carbocycles. The van der Waals surface area contributed by atoms with Gasteiger partial charge in [0.1, 0.15) is 16.8 Å². The molecule has 0 aromatic carbocycles. The molecule has 0 atom stereocenters. The highest BCUT2D eigenvalue weighted by Crippen LogP contribution is 2.24. The molecule has 0 aliphatic rings.